The van der Waals surface area contributed by atoms with Gasteiger partial charge in [-0.2, -0.15) is 24.8 Å². The van der Waals surface area contributed by atoms with E-state index in [0.29, 0.717) is 0 Å². The van der Waals surface area contributed by atoms with Crippen molar-refractivity contribution in [3.8, 4) is 0 Å². The molecule has 0 amide bonds. The summed E-state index contributed by atoms with van der Waals surface area (Å²) in [5, 5.41) is 16.5. The minimum atomic E-state index is -3.90. The van der Waals surface area contributed by atoms with Crippen LogP contribution >= 0.6 is 0 Å². The van der Waals surface area contributed by atoms with Crippen LogP contribution in [0.3, 0.4) is 0 Å². The molecular weight excluding hydrogens is 426 g/mol. The van der Waals surface area contributed by atoms with Crippen LogP contribution in [0.4, 0.5) is 0 Å². The zero-order chi connectivity index (χ0) is 22.2. The number of fused-ring (bicyclic) bond motifs is 6. The highest BCUT2D eigenvalue weighted by Crippen LogP contribution is 2.64. The molecule has 12 heteroatoms. The lowest BCUT2D eigenvalue weighted by Gasteiger charge is -2.44. The number of carbonyl (C=O) groups excluding carboxylic acids is 2. The van der Waals surface area contributed by atoms with Crippen molar-refractivity contribution in [2.45, 2.75) is 35.0 Å². The van der Waals surface area contributed by atoms with Gasteiger partial charge in [0.15, 0.2) is 0 Å². The molecule has 0 aromatic heterocycles. The van der Waals surface area contributed by atoms with E-state index >= 15 is 0 Å². The fourth-order valence-corrected chi connectivity index (χ4v) is 7.41. The molecule has 0 bridgehead atoms. The highest BCUT2D eigenvalue weighted by molar-refractivity contribution is 7.89. The molecule has 5 rings (SSSR count). The van der Waals surface area contributed by atoms with Crippen molar-refractivity contribution in [3.05, 3.63) is 29.8 Å². The van der Waals surface area contributed by atoms with E-state index in [1.807, 2.05) is 6.92 Å². The molecule has 3 heterocycles. The van der Waals surface area contributed by atoms with Crippen LogP contribution in [0.25, 0.3) is 0 Å². The second-order valence-corrected chi connectivity index (χ2v) is 10.0. The maximum Gasteiger partial charge on any atom is 0.339 e. The SMILES string of the molecule is COC(=O)[C@@]12N=NC[C@@H]1[C@H]1[C@@H]([C@@H]3CN=N[C@@]32C(=O)OC)N1S(=O)(=O)c1ccc(C)cc1. The third kappa shape index (κ3) is 2.23. The summed E-state index contributed by atoms with van der Waals surface area (Å²) in [7, 11) is -1.52. The summed E-state index contributed by atoms with van der Waals surface area (Å²) >= 11 is 0. The normalized spacial score (nSPS) is 39.4. The first-order valence-corrected chi connectivity index (χ1v) is 11.3. The van der Waals surface area contributed by atoms with Gasteiger partial charge in [-0.1, -0.05) is 17.7 Å². The topological polar surface area (TPSA) is 139 Å². The van der Waals surface area contributed by atoms with Gasteiger partial charge < -0.3 is 9.47 Å². The average Bonchev–Trinajstić information content (AvgIpc) is 3.12. The second kappa shape index (κ2) is 6.39. The number of sulfonamides is 1. The highest BCUT2D eigenvalue weighted by atomic mass is 32.2. The van der Waals surface area contributed by atoms with Gasteiger partial charge in [0.2, 0.25) is 21.1 Å². The maximum absolute atomic E-state index is 13.5. The third-order valence-corrected chi connectivity index (χ3v) is 8.84. The van der Waals surface area contributed by atoms with Gasteiger partial charge in [0, 0.05) is 11.8 Å². The summed E-state index contributed by atoms with van der Waals surface area (Å²) in [4.78, 5) is 26.4. The molecule has 7 atom stereocenters. The summed E-state index contributed by atoms with van der Waals surface area (Å²) in [6.07, 6.45) is 0. The predicted octanol–water partition coefficient (Wildman–Crippen LogP) is 0.738. The summed E-state index contributed by atoms with van der Waals surface area (Å²) < 4.78 is 38.4. The van der Waals surface area contributed by atoms with Gasteiger partial charge in [0.25, 0.3) is 0 Å². The quantitative estimate of drug-likeness (QED) is 0.493. The van der Waals surface area contributed by atoms with Crippen LogP contribution in [0.2, 0.25) is 0 Å². The number of nitrogens with zero attached hydrogens (tertiary/aromatic N) is 5. The van der Waals surface area contributed by atoms with Crippen molar-refractivity contribution in [3.63, 3.8) is 0 Å². The molecule has 0 spiro atoms. The van der Waals surface area contributed by atoms with E-state index in [0.717, 1.165) is 5.56 Å². The standard InChI is InChI=1S/C19H21N5O6S/c1-10-4-6-11(7-5-10)31(27,28)24-14-12-8-20-22-18(12,16(25)29-2)19(17(26)30-3)13(15(14)24)9-21-23-19/h4-7,12-15H,8-9H2,1-3H3/t12-,13+,14+,15-,18+,19-,24?. The summed E-state index contributed by atoms with van der Waals surface area (Å²) in [6.45, 7) is 2.00. The molecule has 11 nitrogen and oxygen atoms in total. The minimum Gasteiger partial charge on any atom is -0.467 e. The lowest BCUT2D eigenvalue weighted by Crippen LogP contribution is -2.71. The van der Waals surface area contributed by atoms with E-state index in [4.69, 9.17) is 9.47 Å². The molecule has 1 unspecified atom stereocenters. The first-order valence-electron chi connectivity index (χ1n) is 9.81. The Labute approximate surface area is 178 Å². The molecule has 1 saturated carbocycles. The first kappa shape index (κ1) is 20.2. The fraction of sp³-hybridized carbons (Fsp3) is 0.579. The van der Waals surface area contributed by atoms with Gasteiger partial charge in [0.05, 0.1) is 44.3 Å². The maximum atomic E-state index is 13.5. The van der Waals surface area contributed by atoms with Crippen molar-refractivity contribution in [2.75, 3.05) is 27.3 Å². The number of hydrogen-bond acceptors (Lipinski definition) is 10. The monoisotopic (exact) mass is 447 g/mol. The molecule has 0 radical (unpaired) electrons. The van der Waals surface area contributed by atoms with Crippen molar-refractivity contribution < 1.29 is 27.5 Å². The van der Waals surface area contributed by atoms with Crippen molar-refractivity contribution >= 4 is 22.0 Å². The smallest absolute Gasteiger partial charge is 0.339 e. The summed E-state index contributed by atoms with van der Waals surface area (Å²) in [5.41, 5.74) is -2.71. The lowest BCUT2D eigenvalue weighted by molar-refractivity contribution is -0.167. The Morgan fingerprint density at radius 3 is 1.81 bits per heavy atom. The second-order valence-electron chi connectivity index (χ2n) is 8.21. The Hall–Kier alpha value is -2.73. The molecule has 164 valence electrons. The molecule has 1 aromatic rings. The van der Waals surface area contributed by atoms with Gasteiger partial charge in [-0.3, -0.25) is 0 Å². The average molecular weight is 447 g/mol. The molecule has 0 N–H and O–H groups in total. The van der Waals surface area contributed by atoms with Crippen LogP contribution in [-0.2, 0) is 29.1 Å². The third-order valence-electron chi connectivity index (χ3n) is 6.93. The number of rotatable bonds is 4. The molecule has 31 heavy (non-hydrogen) atoms. The van der Waals surface area contributed by atoms with Crippen LogP contribution in [0.5, 0.6) is 0 Å². The molecule has 1 aromatic carbocycles. The number of ether oxygens (including phenoxy) is 2. The molecule has 4 aliphatic rings. The van der Waals surface area contributed by atoms with E-state index in [9.17, 15) is 18.0 Å². The van der Waals surface area contributed by atoms with E-state index in [2.05, 4.69) is 20.5 Å². The summed E-state index contributed by atoms with van der Waals surface area (Å²) in [5.74, 6) is -3.05. The lowest BCUT2D eigenvalue weighted by atomic mass is 9.57. The van der Waals surface area contributed by atoms with E-state index in [-0.39, 0.29) is 18.0 Å². The van der Waals surface area contributed by atoms with Gasteiger partial charge in [-0.25, -0.2) is 18.0 Å². The van der Waals surface area contributed by atoms with Crippen LogP contribution in [0, 0.1) is 18.8 Å². The van der Waals surface area contributed by atoms with Crippen molar-refractivity contribution in [1.29, 1.82) is 0 Å². The zero-order valence-electron chi connectivity index (χ0n) is 17.1. The van der Waals surface area contributed by atoms with E-state index in [1.165, 1.54) is 18.5 Å². The molecule has 1 aliphatic carbocycles. The van der Waals surface area contributed by atoms with Crippen molar-refractivity contribution in [1.82, 2.24) is 4.31 Å². The predicted molar refractivity (Wildman–Crippen MR) is 104 cm³/mol. The molecule has 2 fully saturated rings. The fourth-order valence-electron chi connectivity index (χ4n) is 5.56. The Bertz CT molecular complexity index is 1080. The van der Waals surface area contributed by atoms with Gasteiger partial charge in [-0.15, -0.1) is 0 Å². The van der Waals surface area contributed by atoms with Gasteiger partial charge >= 0.3 is 11.9 Å². The van der Waals surface area contributed by atoms with Crippen molar-refractivity contribution in [2.24, 2.45) is 32.3 Å². The summed E-state index contributed by atoms with van der Waals surface area (Å²) in [6, 6.07) is 5.38. The molecule has 1 saturated heterocycles. The number of hydrogen-bond donors (Lipinski definition) is 0. The Balaban J connectivity index is 1.67. The number of esters is 2. The minimum absolute atomic E-state index is 0.0666. The Kier molecular flexibility index (Phi) is 4.16. The number of carbonyl (C=O) groups is 2. The first-order chi connectivity index (χ1) is 14.8. The zero-order valence-corrected chi connectivity index (χ0v) is 17.9. The largest absolute Gasteiger partial charge is 0.467 e. The number of benzene rings is 1. The molecule has 3 aliphatic heterocycles. The van der Waals surface area contributed by atoms with Crippen LogP contribution in [0.15, 0.2) is 49.6 Å². The van der Waals surface area contributed by atoms with E-state index < -0.39 is 57.0 Å². The Morgan fingerprint density at radius 1 is 0.935 bits per heavy atom. The van der Waals surface area contributed by atoms with Gasteiger partial charge in [0.1, 0.15) is 0 Å². The van der Waals surface area contributed by atoms with Crippen LogP contribution in [0.1, 0.15) is 5.56 Å². The van der Waals surface area contributed by atoms with Crippen LogP contribution < -0.4 is 0 Å². The highest BCUT2D eigenvalue weighted by Gasteiger charge is 2.86. The number of azo groups is 2. The Morgan fingerprint density at radius 2 is 1.39 bits per heavy atom. The number of aryl methyl sites for hydroxylation is 1. The van der Waals surface area contributed by atoms with Gasteiger partial charge in [-0.05, 0) is 19.1 Å². The van der Waals surface area contributed by atoms with Crippen LogP contribution in [-0.4, -0.2) is 75.1 Å². The molecular formula is C19H21N5O6S. The number of methoxy groups -OCH3 is 2. The van der Waals surface area contributed by atoms with E-state index in [1.54, 1.807) is 24.3 Å².